The zero-order valence-electron chi connectivity index (χ0n) is 21.7. The van der Waals surface area contributed by atoms with E-state index in [1.807, 2.05) is 19.1 Å². The monoisotopic (exact) mass is 570 g/mol. The Morgan fingerprint density at radius 1 is 1.23 bits per heavy atom. The van der Waals surface area contributed by atoms with Crippen molar-refractivity contribution in [3.05, 3.63) is 85.5 Å². The summed E-state index contributed by atoms with van der Waals surface area (Å²) in [5, 5.41) is 22.7. The standard InChI is InChI=1S/C30H23ClN4O4S/c1-15-3-7-19(28-25(15)22(14-40-28)30(37)38)20-11-18(31)6-8-24(20)39-10-9-35-16(2)34-23-13-33-27(17-4-5-17)21(12-32)26(23)29(35)36/h3,6-8,11,13-14,17H,4-5,9-10H2,1-2H3,(H,37,38). The molecule has 1 fully saturated rings. The molecule has 0 radical (unpaired) electrons. The van der Waals surface area contributed by atoms with Gasteiger partial charge in [-0.25, -0.2) is 9.78 Å². The molecule has 0 aliphatic heterocycles. The predicted molar refractivity (Wildman–Crippen MR) is 155 cm³/mol. The largest absolute Gasteiger partial charge is 0.491 e. The highest BCUT2D eigenvalue weighted by atomic mass is 35.5. The molecule has 0 atom stereocenters. The summed E-state index contributed by atoms with van der Waals surface area (Å²) in [5.41, 5.74) is 3.79. The minimum Gasteiger partial charge on any atom is -0.491 e. The average molecular weight is 571 g/mol. The van der Waals surface area contributed by atoms with Gasteiger partial charge in [-0.2, -0.15) is 5.26 Å². The average Bonchev–Trinajstić information content (AvgIpc) is 3.67. The Kier molecular flexibility index (Phi) is 6.53. The van der Waals surface area contributed by atoms with Crippen LogP contribution in [0.15, 0.2) is 46.7 Å². The van der Waals surface area contributed by atoms with Crippen LogP contribution in [-0.4, -0.2) is 32.2 Å². The molecule has 8 nitrogen and oxygen atoms in total. The minimum absolute atomic E-state index is 0.158. The summed E-state index contributed by atoms with van der Waals surface area (Å²) in [4.78, 5) is 34.4. The van der Waals surface area contributed by atoms with Gasteiger partial charge in [-0.05, 0) is 50.5 Å². The molecule has 3 aromatic heterocycles. The van der Waals surface area contributed by atoms with E-state index in [2.05, 4.69) is 16.0 Å². The van der Waals surface area contributed by atoms with Crippen LogP contribution in [0.1, 0.15) is 51.8 Å². The Labute approximate surface area is 238 Å². The maximum Gasteiger partial charge on any atom is 0.337 e. The van der Waals surface area contributed by atoms with Crippen LogP contribution in [0.2, 0.25) is 5.02 Å². The fraction of sp³-hybridized carbons (Fsp3) is 0.233. The number of benzene rings is 2. The molecule has 0 spiro atoms. The van der Waals surface area contributed by atoms with Gasteiger partial charge in [0.1, 0.15) is 24.3 Å². The number of rotatable bonds is 7. The summed E-state index contributed by atoms with van der Waals surface area (Å²) < 4.78 is 8.56. The van der Waals surface area contributed by atoms with Crippen LogP contribution in [0.3, 0.4) is 0 Å². The zero-order chi connectivity index (χ0) is 28.1. The van der Waals surface area contributed by atoms with Gasteiger partial charge in [0.15, 0.2) is 0 Å². The molecule has 1 aliphatic rings. The van der Waals surface area contributed by atoms with Crippen LogP contribution in [0.4, 0.5) is 0 Å². The van der Waals surface area contributed by atoms with E-state index in [0.29, 0.717) is 44.1 Å². The molecule has 40 heavy (non-hydrogen) atoms. The van der Waals surface area contributed by atoms with Crippen LogP contribution >= 0.6 is 22.9 Å². The minimum atomic E-state index is -0.974. The molecular formula is C30H23ClN4O4S. The fourth-order valence-electron chi connectivity index (χ4n) is 5.15. The van der Waals surface area contributed by atoms with Gasteiger partial charge in [0, 0.05) is 37.5 Å². The Hall–Kier alpha value is -4.26. The van der Waals surface area contributed by atoms with Gasteiger partial charge in [-0.3, -0.25) is 14.3 Å². The Bertz CT molecular complexity index is 1950. The number of hydrogen-bond acceptors (Lipinski definition) is 7. The number of thiophene rings is 1. The molecular weight excluding hydrogens is 548 g/mol. The van der Waals surface area contributed by atoms with Crippen LogP contribution in [-0.2, 0) is 6.54 Å². The first kappa shape index (κ1) is 26.0. The number of aromatic nitrogens is 3. The maximum atomic E-state index is 13.6. The number of aryl methyl sites for hydroxylation is 2. The van der Waals surface area contributed by atoms with E-state index < -0.39 is 5.97 Å². The molecule has 0 amide bonds. The molecule has 0 bridgehead atoms. The summed E-state index contributed by atoms with van der Waals surface area (Å²) >= 11 is 7.73. The summed E-state index contributed by atoms with van der Waals surface area (Å²) in [7, 11) is 0. The molecule has 5 aromatic rings. The summed E-state index contributed by atoms with van der Waals surface area (Å²) in [5.74, 6) is 0.307. The van der Waals surface area contributed by atoms with Crippen molar-refractivity contribution in [1.29, 1.82) is 5.26 Å². The van der Waals surface area contributed by atoms with Crippen molar-refractivity contribution < 1.29 is 14.6 Å². The van der Waals surface area contributed by atoms with E-state index in [-0.39, 0.29) is 30.2 Å². The first-order chi connectivity index (χ1) is 19.3. The molecule has 0 saturated heterocycles. The number of fused-ring (bicyclic) bond motifs is 2. The maximum absolute atomic E-state index is 13.6. The molecule has 10 heteroatoms. The third-order valence-corrected chi connectivity index (χ3v) is 8.51. The number of carboxylic acid groups (broad SMARTS) is 1. The number of halogens is 1. The topological polar surface area (TPSA) is 118 Å². The predicted octanol–water partition coefficient (Wildman–Crippen LogP) is 6.47. The second-order valence-corrected chi connectivity index (χ2v) is 11.2. The number of aromatic carboxylic acids is 1. The highest BCUT2D eigenvalue weighted by Gasteiger charge is 2.30. The van der Waals surface area contributed by atoms with Gasteiger partial charge in [-0.15, -0.1) is 11.3 Å². The second-order valence-electron chi connectivity index (χ2n) is 9.86. The van der Waals surface area contributed by atoms with Gasteiger partial charge >= 0.3 is 5.97 Å². The van der Waals surface area contributed by atoms with E-state index in [1.54, 1.807) is 36.7 Å². The van der Waals surface area contributed by atoms with Crippen molar-refractivity contribution in [2.24, 2.45) is 0 Å². The van der Waals surface area contributed by atoms with Gasteiger partial charge in [0.05, 0.1) is 40.5 Å². The van der Waals surface area contributed by atoms with E-state index in [9.17, 15) is 20.0 Å². The number of nitrogens with zero attached hydrogens (tertiary/aromatic N) is 4. The molecule has 0 unspecified atom stereocenters. The van der Waals surface area contributed by atoms with Crippen molar-refractivity contribution in [1.82, 2.24) is 14.5 Å². The fourth-order valence-corrected chi connectivity index (χ4v) is 6.47. The number of hydrogen-bond donors (Lipinski definition) is 1. The Morgan fingerprint density at radius 2 is 2.02 bits per heavy atom. The lowest BCUT2D eigenvalue weighted by molar-refractivity contribution is 0.0699. The van der Waals surface area contributed by atoms with Gasteiger partial charge in [0.2, 0.25) is 0 Å². The first-order valence-electron chi connectivity index (χ1n) is 12.8. The highest BCUT2D eigenvalue weighted by Crippen LogP contribution is 2.42. The third-order valence-electron chi connectivity index (χ3n) is 7.26. The number of nitriles is 1. The number of ether oxygens (including phenoxy) is 1. The Morgan fingerprint density at radius 3 is 2.75 bits per heavy atom. The molecule has 3 heterocycles. The number of carboxylic acids is 1. The quantitative estimate of drug-likeness (QED) is 0.238. The lowest BCUT2D eigenvalue weighted by Crippen LogP contribution is -2.27. The van der Waals surface area contributed by atoms with E-state index >= 15 is 0 Å². The number of carbonyl (C=O) groups is 1. The number of pyridine rings is 1. The van der Waals surface area contributed by atoms with Gasteiger partial charge in [-0.1, -0.05) is 23.7 Å². The van der Waals surface area contributed by atoms with E-state index in [1.165, 1.54) is 15.9 Å². The van der Waals surface area contributed by atoms with Crippen molar-refractivity contribution in [3.63, 3.8) is 0 Å². The van der Waals surface area contributed by atoms with E-state index in [0.717, 1.165) is 34.2 Å². The van der Waals surface area contributed by atoms with E-state index in [4.69, 9.17) is 16.3 Å². The SMILES string of the molecule is Cc1ccc(-c2cc(Cl)ccc2OCCn2c(C)nc3cnc(C4CC4)c(C#N)c3c2=O)c2scc(C(=O)O)c12. The van der Waals surface area contributed by atoms with Gasteiger partial charge < -0.3 is 9.84 Å². The van der Waals surface area contributed by atoms with Crippen LogP contribution in [0.5, 0.6) is 5.75 Å². The lowest BCUT2D eigenvalue weighted by atomic mass is 9.98. The zero-order valence-corrected chi connectivity index (χ0v) is 23.3. The second kappa shape index (κ2) is 10.0. The van der Waals surface area contributed by atoms with Crippen LogP contribution < -0.4 is 10.3 Å². The molecule has 1 N–H and O–H groups in total. The molecule has 1 aliphatic carbocycles. The van der Waals surface area contributed by atoms with Crippen molar-refractivity contribution >= 4 is 49.9 Å². The Balaban J connectivity index is 1.35. The summed E-state index contributed by atoms with van der Waals surface area (Å²) in [6.45, 7) is 4.01. The smallest absolute Gasteiger partial charge is 0.337 e. The van der Waals surface area contributed by atoms with Crippen molar-refractivity contribution in [3.8, 4) is 22.9 Å². The molecule has 6 rings (SSSR count). The van der Waals surface area contributed by atoms with Crippen LogP contribution in [0, 0.1) is 25.2 Å². The molecule has 1 saturated carbocycles. The van der Waals surface area contributed by atoms with Gasteiger partial charge in [0.25, 0.3) is 5.56 Å². The lowest BCUT2D eigenvalue weighted by Gasteiger charge is -2.16. The normalized spacial score (nSPS) is 13.1. The van der Waals surface area contributed by atoms with Crippen molar-refractivity contribution in [2.45, 2.75) is 39.2 Å². The third kappa shape index (κ3) is 4.39. The van der Waals surface area contributed by atoms with Crippen LogP contribution in [0.25, 0.3) is 32.1 Å². The molecule has 2 aromatic carbocycles. The highest BCUT2D eigenvalue weighted by molar-refractivity contribution is 7.18. The summed E-state index contributed by atoms with van der Waals surface area (Å²) in [6.07, 6.45) is 3.52. The van der Waals surface area contributed by atoms with Crippen molar-refractivity contribution in [2.75, 3.05) is 6.61 Å². The summed E-state index contributed by atoms with van der Waals surface area (Å²) in [6, 6.07) is 11.3. The first-order valence-corrected chi connectivity index (χ1v) is 14.0. The molecule has 200 valence electrons.